The lowest BCUT2D eigenvalue weighted by Gasteiger charge is -2.42. The molecule has 1 atom stereocenters. The number of nitrogens with zero attached hydrogens (tertiary/aromatic N) is 2. The molecule has 1 unspecified atom stereocenters. The maximum absolute atomic E-state index is 14.5. The third-order valence-corrected chi connectivity index (χ3v) is 8.72. The van der Waals surface area contributed by atoms with Crippen LogP contribution in [0.2, 0.25) is 0 Å². The fraction of sp³-hybridized carbons (Fsp3) is 0.312. The molecule has 0 bridgehead atoms. The fourth-order valence-electron chi connectivity index (χ4n) is 6.61. The molecule has 0 radical (unpaired) electrons. The summed E-state index contributed by atoms with van der Waals surface area (Å²) in [7, 11) is 4.45. The summed E-state index contributed by atoms with van der Waals surface area (Å²) in [4.78, 5) is 61.2. The minimum atomic E-state index is -1.65. The maximum atomic E-state index is 14.5. The first-order valence-electron chi connectivity index (χ1n) is 13.7. The number of allylic oxidation sites excluding steroid dienone is 1. The zero-order chi connectivity index (χ0) is 29.1. The number of nitrogens with one attached hydrogen (secondary N) is 2. The highest BCUT2D eigenvalue weighted by atomic mass is 16.5. The van der Waals surface area contributed by atoms with E-state index in [1.54, 1.807) is 12.3 Å². The highest BCUT2D eigenvalue weighted by Crippen LogP contribution is 2.51. The summed E-state index contributed by atoms with van der Waals surface area (Å²) in [6, 6.07) is 13.3. The summed E-state index contributed by atoms with van der Waals surface area (Å²) in [6.07, 6.45) is 3.13. The molecule has 1 fully saturated rings. The molecule has 2 N–H and O–H groups in total. The van der Waals surface area contributed by atoms with E-state index in [9.17, 15) is 19.2 Å². The van der Waals surface area contributed by atoms with Crippen LogP contribution in [0, 0.1) is 6.92 Å². The number of ether oxygens (including phenoxy) is 1. The second-order valence-electron chi connectivity index (χ2n) is 10.9. The van der Waals surface area contributed by atoms with Crippen molar-refractivity contribution in [2.45, 2.75) is 31.7 Å². The van der Waals surface area contributed by atoms with Crippen LogP contribution < -0.4 is 10.1 Å². The van der Waals surface area contributed by atoms with Gasteiger partial charge in [0, 0.05) is 43.4 Å². The second kappa shape index (κ2) is 9.85. The number of H-pyrrole nitrogens is 1. The monoisotopic (exact) mass is 552 g/mol. The molecular formula is C32H32N4O5. The van der Waals surface area contributed by atoms with Gasteiger partial charge in [-0.05, 0) is 61.2 Å². The zero-order valence-electron chi connectivity index (χ0n) is 23.6. The molecule has 2 heterocycles. The number of urea groups is 1. The van der Waals surface area contributed by atoms with Crippen molar-refractivity contribution in [2.24, 2.45) is 0 Å². The van der Waals surface area contributed by atoms with E-state index >= 15 is 0 Å². The minimum Gasteiger partial charge on any atom is -0.496 e. The second-order valence-corrected chi connectivity index (χ2v) is 10.9. The van der Waals surface area contributed by atoms with Crippen LogP contribution in [0.15, 0.2) is 54.2 Å². The van der Waals surface area contributed by atoms with Crippen molar-refractivity contribution in [1.29, 1.82) is 0 Å². The number of aromatic nitrogens is 1. The molecule has 3 aromatic rings. The molecule has 9 heteroatoms. The number of hydrogen-bond donors (Lipinski definition) is 2. The number of rotatable bonds is 7. The number of carbonyl (C=O) groups excluding carboxylic acids is 4. The summed E-state index contributed by atoms with van der Waals surface area (Å²) < 4.78 is 5.64. The van der Waals surface area contributed by atoms with Gasteiger partial charge >= 0.3 is 6.03 Å². The lowest BCUT2D eigenvalue weighted by molar-refractivity contribution is -0.130. The van der Waals surface area contributed by atoms with E-state index in [4.69, 9.17) is 4.74 Å². The fourth-order valence-corrected chi connectivity index (χ4v) is 6.61. The molecule has 3 aliphatic rings. The van der Waals surface area contributed by atoms with Crippen LogP contribution in [0.25, 0.3) is 5.57 Å². The van der Waals surface area contributed by atoms with Gasteiger partial charge in [-0.25, -0.2) is 4.79 Å². The Morgan fingerprint density at radius 3 is 2.37 bits per heavy atom. The number of hydrogen-bond acceptors (Lipinski definition) is 6. The van der Waals surface area contributed by atoms with Crippen LogP contribution in [0.3, 0.4) is 0 Å². The van der Waals surface area contributed by atoms with Gasteiger partial charge in [0.05, 0.1) is 18.4 Å². The Bertz CT molecular complexity index is 1650. The van der Waals surface area contributed by atoms with Gasteiger partial charge < -0.3 is 19.9 Å². The average molecular weight is 553 g/mol. The third kappa shape index (κ3) is 3.79. The first-order chi connectivity index (χ1) is 19.7. The largest absolute Gasteiger partial charge is 0.496 e. The van der Waals surface area contributed by atoms with E-state index in [1.807, 2.05) is 31.2 Å². The Hall–Kier alpha value is -4.50. The first kappa shape index (κ1) is 26.7. The van der Waals surface area contributed by atoms with Gasteiger partial charge in [0.2, 0.25) is 5.78 Å². The predicted octanol–water partition coefficient (Wildman–Crippen LogP) is 3.36. The van der Waals surface area contributed by atoms with Crippen LogP contribution in [-0.2, 0) is 24.1 Å². The van der Waals surface area contributed by atoms with E-state index in [0.29, 0.717) is 35.4 Å². The molecule has 1 saturated heterocycles. The summed E-state index contributed by atoms with van der Waals surface area (Å²) in [5, 5.41) is 3.42. The molecule has 2 aromatic carbocycles. The molecule has 3 amide bonds. The number of ketones is 2. The number of fused-ring (bicyclic) bond motifs is 4. The number of benzene rings is 2. The summed E-state index contributed by atoms with van der Waals surface area (Å²) >= 11 is 0. The van der Waals surface area contributed by atoms with E-state index in [0.717, 1.165) is 23.4 Å². The van der Waals surface area contributed by atoms with Crippen molar-refractivity contribution in [3.63, 3.8) is 0 Å². The van der Waals surface area contributed by atoms with Crippen molar-refractivity contribution in [2.75, 3.05) is 34.3 Å². The predicted molar refractivity (Wildman–Crippen MR) is 153 cm³/mol. The Kier molecular flexibility index (Phi) is 6.42. The Morgan fingerprint density at radius 1 is 0.951 bits per heavy atom. The molecule has 41 heavy (non-hydrogen) atoms. The lowest BCUT2D eigenvalue weighted by Crippen LogP contribution is -2.56. The number of likely N-dealkylation sites (N-methyl/N-ethyl adjacent to an activating group) is 2. The molecule has 1 aromatic heterocycles. The summed E-state index contributed by atoms with van der Waals surface area (Å²) in [5.74, 6) is -0.792. The van der Waals surface area contributed by atoms with Crippen LogP contribution in [-0.4, -0.2) is 78.1 Å². The molecular weight excluding hydrogens is 520 g/mol. The minimum absolute atomic E-state index is 0.0343. The number of methoxy groups -OCH3 is 1. The quantitative estimate of drug-likeness (QED) is 0.344. The molecule has 2 aliphatic carbocycles. The molecule has 1 spiro atoms. The number of aromatic amines is 1. The van der Waals surface area contributed by atoms with Crippen molar-refractivity contribution in [3.8, 4) is 5.75 Å². The zero-order valence-corrected chi connectivity index (χ0v) is 23.6. The first-order valence-corrected chi connectivity index (χ1v) is 13.7. The maximum Gasteiger partial charge on any atom is 0.327 e. The third-order valence-electron chi connectivity index (χ3n) is 8.72. The number of imide groups is 1. The Balaban J connectivity index is 1.41. The molecule has 9 nitrogen and oxygen atoms in total. The number of aryl methyl sites for hydroxylation is 1. The Labute approximate surface area is 238 Å². The molecule has 210 valence electrons. The van der Waals surface area contributed by atoms with Gasteiger partial charge in [-0.3, -0.25) is 19.3 Å². The van der Waals surface area contributed by atoms with Crippen LogP contribution in [0.5, 0.6) is 5.75 Å². The van der Waals surface area contributed by atoms with Gasteiger partial charge in [0.25, 0.3) is 5.91 Å². The van der Waals surface area contributed by atoms with E-state index < -0.39 is 23.3 Å². The van der Waals surface area contributed by atoms with Crippen molar-refractivity contribution >= 4 is 29.1 Å². The Morgan fingerprint density at radius 2 is 1.68 bits per heavy atom. The molecule has 6 rings (SSSR count). The van der Waals surface area contributed by atoms with Gasteiger partial charge in [-0.1, -0.05) is 36.4 Å². The van der Waals surface area contributed by atoms with Crippen LogP contribution >= 0.6 is 0 Å². The standard InChI is InChI=1S/C32H32N4O5/c1-18-10-11-22(41-4)21-16-32(30(39)35(2)31(40)36(32)3)26-25(23(18)21)29(38)27-24(28(26)37)20(17-34-27)13-15-33-14-12-19-8-6-5-7-9-19/h5-11,17,33-34H,12-16H2,1-4H3. The van der Waals surface area contributed by atoms with Crippen LogP contribution in [0.1, 0.15) is 48.7 Å². The molecule has 0 saturated carbocycles. The SMILES string of the molecule is COc1ccc(C)c2c1CC1(C(=O)N(C)C(=O)N1C)C1=C2C(=O)c2[nH]cc(CCNCCc3ccccc3)c2C1=O. The lowest BCUT2D eigenvalue weighted by atomic mass is 9.65. The smallest absolute Gasteiger partial charge is 0.327 e. The summed E-state index contributed by atoms with van der Waals surface area (Å²) in [5.41, 5.74) is 3.03. The van der Waals surface area contributed by atoms with Gasteiger partial charge in [-0.15, -0.1) is 0 Å². The van der Waals surface area contributed by atoms with Crippen molar-refractivity contribution in [3.05, 3.63) is 93.3 Å². The number of Topliss-reactive ketones (excluding diaryl/α,β-unsaturated/α-hetero) is 2. The number of amides is 3. The highest BCUT2D eigenvalue weighted by Gasteiger charge is 2.63. The van der Waals surface area contributed by atoms with Crippen molar-refractivity contribution in [1.82, 2.24) is 20.1 Å². The van der Waals surface area contributed by atoms with Gasteiger partial charge in [-0.2, -0.15) is 0 Å². The normalized spacial score (nSPS) is 19.7. The summed E-state index contributed by atoms with van der Waals surface area (Å²) in [6.45, 7) is 3.25. The highest BCUT2D eigenvalue weighted by molar-refractivity contribution is 6.43. The number of carbonyl (C=O) groups is 4. The topological polar surface area (TPSA) is 112 Å². The van der Waals surface area contributed by atoms with E-state index in [2.05, 4.69) is 22.4 Å². The van der Waals surface area contributed by atoms with E-state index in [1.165, 1.54) is 31.7 Å². The van der Waals surface area contributed by atoms with Crippen molar-refractivity contribution < 1.29 is 23.9 Å². The van der Waals surface area contributed by atoms with Gasteiger partial charge in [0.15, 0.2) is 11.3 Å². The average Bonchev–Trinajstić information content (AvgIpc) is 3.47. The molecule has 1 aliphatic heterocycles. The van der Waals surface area contributed by atoms with Gasteiger partial charge in [0.1, 0.15) is 5.75 Å². The van der Waals surface area contributed by atoms with Crippen LogP contribution in [0.4, 0.5) is 4.79 Å². The van der Waals surface area contributed by atoms with E-state index in [-0.39, 0.29) is 34.6 Å².